The summed E-state index contributed by atoms with van der Waals surface area (Å²) in [6, 6.07) is 3.74. The molecule has 0 unspecified atom stereocenters. The molecule has 0 radical (unpaired) electrons. The second-order valence-electron chi connectivity index (χ2n) is 6.81. The first-order chi connectivity index (χ1) is 11.2. The molecule has 1 N–H and O–H groups in total. The number of aromatic carboxylic acids is 1. The third kappa shape index (κ3) is 2.80. The van der Waals surface area contributed by atoms with Crippen molar-refractivity contribution in [3.05, 3.63) is 29.7 Å². The van der Waals surface area contributed by atoms with Gasteiger partial charge in [-0.1, -0.05) is 19.3 Å². The van der Waals surface area contributed by atoms with Crippen molar-refractivity contribution in [3.8, 4) is 5.75 Å². The van der Waals surface area contributed by atoms with Crippen LogP contribution in [-0.2, 0) is 0 Å². The lowest BCUT2D eigenvalue weighted by Crippen LogP contribution is -2.15. The Hall–Kier alpha value is -2.04. The van der Waals surface area contributed by atoms with Crippen LogP contribution < -0.4 is 4.74 Å². The smallest absolute Gasteiger partial charge is 0.354 e. The van der Waals surface area contributed by atoms with E-state index in [9.17, 15) is 9.90 Å². The molecule has 23 heavy (non-hydrogen) atoms. The maximum atomic E-state index is 11.6. The first kappa shape index (κ1) is 14.5. The first-order valence-electron chi connectivity index (χ1n) is 8.61. The molecule has 0 amide bonds. The van der Waals surface area contributed by atoms with Gasteiger partial charge in [-0.15, -0.1) is 0 Å². The minimum absolute atomic E-state index is 0.297. The average Bonchev–Trinajstić information content (AvgIpc) is 3.33. The summed E-state index contributed by atoms with van der Waals surface area (Å²) in [4.78, 5) is 16.3. The monoisotopic (exact) mass is 314 g/mol. The highest BCUT2D eigenvalue weighted by Gasteiger charge is 2.33. The predicted octanol–water partition coefficient (Wildman–Crippen LogP) is 3.87. The summed E-state index contributed by atoms with van der Waals surface area (Å²) in [5.41, 5.74) is 1.65. The molecular weight excluding hydrogens is 292 g/mol. The van der Waals surface area contributed by atoms with E-state index in [2.05, 4.69) is 4.98 Å². The Morgan fingerprint density at radius 3 is 2.74 bits per heavy atom. The third-order valence-electron chi connectivity index (χ3n) is 5.01. The molecule has 2 aromatic heterocycles. The lowest BCUT2D eigenvalue weighted by molar-refractivity contribution is 0.0688. The number of ether oxygens (including phenoxy) is 1. The van der Waals surface area contributed by atoms with Gasteiger partial charge >= 0.3 is 5.97 Å². The Balaban J connectivity index is 1.64. The second kappa shape index (κ2) is 5.87. The van der Waals surface area contributed by atoms with Gasteiger partial charge in [0.05, 0.1) is 12.3 Å². The highest BCUT2D eigenvalue weighted by molar-refractivity contribution is 5.89. The van der Waals surface area contributed by atoms with Crippen LogP contribution >= 0.6 is 0 Å². The van der Waals surface area contributed by atoms with E-state index in [-0.39, 0.29) is 0 Å². The van der Waals surface area contributed by atoms with Crippen molar-refractivity contribution < 1.29 is 14.6 Å². The highest BCUT2D eigenvalue weighted by Crippen LogP contribution is 2.42. The molecule has 0 bridgehead atoms. The van der Waals surface area contributed by atoms with Crippen LogP contribution in [0.15, 0.2) is 18.3 Å². The number of hydrogen-bond acceptors (Lipinski definition) is 3. The van der Waals surface area contributed by atoms with E-state index in [1.165, 1.54) is 32.1 Å². The molecule has 2 fully saturated rings. The summed E-state index contributed by atoms with van der Waals surface area (Å²) < 4.78 is 7.70. The minimum Gasteiger partial charge on any atom is -0.489 e. The third-order valence-corrected chi connectivity index (χ3v) is 5.01. The molecule has 0 spiro atoms. The zero-order valence-corrected chi connectivity index (χ0v) is 13.2. The fourth-order valence-corrected chi connectivity index (χ4v) is 3.59. The highest BCUT2D eigenvalue weighted by atomic mass is 16.5. The number of rotatable bonds is 5. The molecule has 0 aromatic carbocycles. The number of imidazole rings is 1. The number of carboxylic acids is 1. The van der Waals surface area contributed by atoms with Crippen LogP contribution in [0.25, 0.3) is 5.65 Å². The van der Waals surface area contributed by atoms with Crippen molar-refractivity contribution in [2.45, 2.75) is 50.9 Å². The quantitative estimate of drug-likeness (QED) is 0.910. The van der Waals surface area contributed by atoms with Gasteiger partial charge in [-0.25, -0.2) is 9.78 Å². The zero-order chi connectivity index (χ0) is 15.8. The van der Waals surface area contributed by atoms with E-state index >= 15 is 0 Å². The maximum Gasteiger partial charge on any atom is 0.354 e. The van der Waals surface area contributed by atoms with Crippen LogP contribution in [0.3, 0.4) is 0 Å². The summed E-state index contributed by atoms with van der Waals surface area (Å²) in [6.45, 7) is 0.702. The largest absolute Gasteiger partial charge is 0.489 e. The predicted molar refractivity (Wildman–Crippen MR) is 86.2 cm³/mol. The SMILES string of the molecule is O=C(O)c1c(C2CC2)nc2c(OCC3CCCCC3)cccn12. The average molecular weight is 314 g/mol. The van der Waals surface area contributed by atoms with Gasteiger partial charge in [0.2, 0.25) is 0 Å². The number of carbonyl (C=O) groups is 1. The van der Waals surface area contributed by atoms with Crippen molar-refractivity contribution >= 4 is 11.6 Å². The topological polar surface area (TPSA) is 63.8 Å². The van der Waals surface area contributed by atoms with Gasteiger partial charge in [0, 0.05) is 12.1 Å². The van der Waals surface area contributed by atoms with Gasteiger partial charge in [0.25, 0.3) is 0 Å². The lowest BCUT2D eigenvalue weighted by Gasteiger charge is -2.21. The van der Waals surface area contributed by atoms with Gasteiger partial charge < -0.3 is 9.84 Å². The normalized spacial score (nSPS) is 19.1. The standard InChI is InChI=1S/C18H22N2O3/c21-18(22)16-15(13-8-9-13)19-17-14(7-4-10-20(16)17)23-11-12-5-2-1-3-6-12/h4,7,10,12-13H,1-3,5-6,8-9,11H2,(H,21,22). The van der Waals surface area contributed by atoms with Crippen LogP contribution in [0, 0.1) is 5.92 Å². The molecule has 2 aliphatic rings. The number of carboxylic acid groups (broad SMARTS) is 1. The Kier molecular flexibility index (Phi) is 3.71. The molecule has 5 nitrogen and oxygen atoms in total. The fraction of sp³-hybridized carbons (Fsp3) is 0.556. The summed E-state index contributed by atoms with van der Waals surface area (Å²) in [5, 5.41) is 9.55. The molecule has 2 heterocycles. The molecule has 2 aliphatic carbocycles. The van der Waals surface area contributed by atoms with Crippen LogP contribution in [-0.4, -0.2) is 27.1 Å². The van der Waals surface area contributed by atoms with E-state index in [0.29, 0.717) is 41.2 Å². The van der Waals surface area contributed by atoms with Crippen molar-refractivity contribution in [2.75, 3.05) is 6.61 Å². The first-order valence-corrected chi connectivity index (χ1v) is 8.61. The molecule has 4 rings (SSSR count). The van der Waals surface area contributed by atoms with Crippen LogP contribution in [0.4, 0.5) is 0 Å². The number of hydrogen-bond donors (Lipinski definition) is 1. The van der Waals surface area contributed by atoms with E-state index in [0.717, 1.165) is 12.8 Å². The Morgan fingerprint density at radius 1 is 1.26 bits per heavy atom. The zero-order valence-electron chi connectivity index (χ0n) is 13.2. The fourth-order valence-electron chi connectivity index (χ4n) is 3.59. The Morgan fingerprint density at radius 2 is 2.04 bits per heavy atom. The van der Waals surface area contributed by atoms with Crippen LogP contribution in [0.2, 0.25) is 0 Å². The van der Waals surface area contributed by atoms with Gasteiger partial charge in [-0.2, -0.15) is 0 Å². The minimum atomic E-state index is -0.913. The number of pyridine rings is 1. The second-order valence-corrected chi connectivity index (χ2v) is 6.81. The molecule has 0 atom stereocenters. The summed E-state index contributed by atoms with van der Waals surface area (Å²) in [6.07, 6.45) is 10.2. The van der Waals surface area contributed by atoms with Gasteiger partial charge in [0.15, 0.2) is 17.1 Å². The Labute approximate surface area is 135 Å². The van der Waals surface area contributed by atoms with Crippen LogP contribution in [0.1, 0.15) is 67.0 Å². The molecule has 2 aromatic rings. The van der Waals surface area contributed by atoms with Gasteiger partial charge in [-0.05, 0) is 43.7 Å². The summed E-state index contributed by atoms with van der Waals surface area (Å²) in [5.74, 6) is 0.698. The maximum absolute atomic E-state index is 11.6. The molecule has 5 heteroatoms. The Bertz CT molecular complexity index is 727. The number of fused-ring (bicyclic) bond motifs is 1. The summed E-state index contributed by atoms with van der Waals surface area (Å²) >= 11 is 0. The van der Waals surface area contributed by atoms with Crippen molar-refractivity contribution in [1.82, 2.24) is 9.38 Å². The van der Waals surface area contributed by atoms with Crippen molar-refractivity contribution in [1.29, 1.82) is 0 Å². The van der Waals surface area contributed by atoms with Crippen LogP contribution in [0.5, 0.6) is 5.75 Å². The van der Waals surface area contributed by atoms with Crippen molar-refractivity contribution in [2.24, 2.45) is 5.92 Å². The molecule has 0 aliphatic heterocycles. The van der Waals surface area contributed by atoms with E-state index < -0.39 is 5.97 Å². The number of aromatic nitrogens is 2. The van der Waals surface area contributed by atoms with Gasteiger partial charge in [0.1, 0.15) is 0 Å². The molecule has 122 valence electrons. The molecule has 2 saturated carbocycles. The van der Waals surface area contributed by atoms with Crippen molar-refractivity contribution in [3.63, 3.8) is 0 Å². The van der Waals surface area contributed by atoms with Gasteiger partial charge in [-0.3, -0.25) is 4.40 Å². The van der Waals surface area contributed by atoms with E-state index in [1.807, 2.05) is 12.1 Å². The number of nitrogens with zero attached hydrogens (tertiary/aromatic N) is 2. The van der Waals surface area contributed by atoms with E-state index in [4.69, 9.17) is 4.74 Å². The van der Waals surface area contributed by atoms with E-state index in [1.54, 1.807) is 10.6 Å². The lowest BCUT2D eigenvalue weighted by atomic mass is 9.90. The molecular formula is C18H22N2O3. The molecule has 0 saturated heterocycles. The summed E-state index contributed by atoms with van der Waals surface area (Å²) in [7, 11) is 0.